The Morgan fingerprint density at radius 1 is 1.06 bits per heavy atom. The Bertz CT molecular complexity index is 469. The van der Waals surface area contributed by atoms with Crippen molar-refractivity contribution in [3.05, 3.63) is 54.1 Å². The van der Waals surface area contributed by atoms with E-state index in [9.17, 15) is 5.11 Å². The van der Waals surface area contributed by atoms with Crippen LogP contribution >= 0.6 is 15.9 Å². The van der Waals surface area contributed by atoms with Gasteiger partial charge in [0.25, 0.3) is 0 Å². The summed E-state index contributed by atoms with van der Waals surface area (Å²) in [5.74, 6) is 1.78. The molecule has 0 aromatic heterocycles. The monoisotopic (exact) mass is 278 g/mol. The molecule has 2 aromatic rings. The van der Waals surface area contributed by atoms with E-state index >= 15 is 0 Å². The van der Waals surface area contributed by atoms with E-state index in [2.05, 4.69) is 15.9 Å². The number of alkyl halides is 1. The van der Waals surface area contributed by atoms with Crippen molar-refractivity contribution >= 4 is 15.9 Å². The molecule has 0 bridgehead atoms. The molecule has 2 rings (SSSR count). The summed E-state index contributed by atoms with van der Waals surface area (Å²) in [6, 6.07) is 14.6. The van der Waals surface area contributed by atoms with Crippen LogP contribution in [-0.4, -0.2) is 5.11 Å². The standard InChI is InChI=1S/C13H11BrO2/c14-9-10-8-11(15)6-7-13(10)16-12-4-2-1-3-5-12/h1-8,15H,9H2. The van der Waals surface area contributed by atoms with Crippen molar-refractivity contribution in [3.8, 4) is 17.2 Å². The van der Waals surface area contributed by atoms with Crippen LogP contribution in [0.5, 0.6) is 17.2 Å². The number of phenols is 1. The molecule has 0 amide bonds. The summed E-state index contributed by atoms with van der Waals surface area (Å²) in [6.45, 7) is 0. The van der Waals surface area contributed by atoms with Crippen molar-refractivity contribution in [2.24, 2.45) is 0 Å². The molecule has 0 atom stereocenters. The molecule has 0 fully saturated rings. The van der Waals surface area contributed by atoms with Crippen molar-refractivity contribution < 1.29 is 9.84 Å². The quantitative estimate of drug-likeness (QED) is 0.858. The Morgan fingerprint density at radius 3 is 2.50 bits per heavy atom. The minimum absolute atomic E-state index is 0.245. The number of halogens is 1. The molecule has 0 spiro atoms. The fourth-order valence-electron chi connectivity index (χ4n) is 1.39. The van der Waals surface area contributed by atoms with Gasteiger partial charge in [-0.3, -0.25) is 0 Å². The molecular formula is C13H11BrO2. The molecule has 2 nitrogen and oxygen atoms in total. The lowest BCUT2D eigenvalue weighted by Gasteiger charge is -2.09. The van der Waals surface area contributed by atoms with Gasteiger partial charge in [-0.25, -0.2) is 0 Å². The molecule has 0 heterocycles. The largest absolute Gasteiger partial charge is 0.508 e. The van der Waals surface area contributed by atoms with Crippen molar-refractivity contribution in [3.63, 3.8) is 0 Å². The molecular weight excluding hydrogens is 268 g/mol. The molecule has 82 valence electrons. The number of ether oxygens (including phenoxy) is 1. The molecule has 0 saturated heterocycles. The van der Waals surface area contributed by atoms with E-state index in [1.165, 1.54) is 0 Å². The lowest BCUT2D eigenvalue weighted by atomic mass is 10.2. The van der Waals surface area contributed by atoms with E-state index in [1.807, 2.05) is 30.3 Å². The number of hydrogen-bond acceptors (Lipinski definition) is 2. The van der Waals surface area contributed by atoms with E-state index in [-0.39, 0.29) is 5.75 Å². The van der Waals surface area contributed by atoms with Crippen LogP contribution in [-0.2, 0) is 5.33 Å². The highest BCUT2D eigenvalue weighted by atomic mass is 79.9. The van der Waals surface area contributed by atoms with E-state index in [4.69, 9.17) is 4.74 Å². The number of hydrogen-bond donors (Lipinski definition) is 1. The zero-order chi connectivity index (χ0) is 11.4. The normalized spacial score (nSPS) is 10.1. The van der Waals surface area contributed by atoms with Gasteiger partial charge in [-0.05, 0) is 30.3 Å². The number of rotatable bonds is 3. The van der Waals surface area contributed by atoms with Gasteiger partial charge in [0.05, 0.1) is 0 Å². The number of para-hydroxylation sites is 1. The van der Waals surface area contributed by atoms with Crippen molar-refractivity contribution in [1.82, 2.24) is 0 Å². The number of phenolic OH excluding ortho intramolecular Hbond substituents is 1. The van der Waals surface area contributed by atoms with Gasteiger partial charge in [0, 0.05) is 10.9 Å². The van der Waals surface area contributed by atoms with Crippen LogP contribution in [0.25, 0.3) is 0 Å². The van der Waals surface area contributed by atoms with E-state index < -0.39 is 0 Å². The average molecular weight is 279 g/mol. The van der Waals surface area contributed by atoms with Crippen LogP contribution in [0.4, 0.5) is 0 Å². The number of benzene rings is 2. The van der Waals surface area contributed by atoms with Gasteiger partial charge in [-0.2, -0.15) is 0 Å². The first kappa shape index (κ1) is 11.0. The van der Waals surface area contributed by atoms with Gasteiger partial charge >= 0.3 is 0 Å². The summed E-state index contributed by atoms with van der Waals surface area (Å²) in [5.41, 5.74) is 0.920. The van der Waals surface area contributed by atoms with Crippen molar-refractivity contribution in [2.75, 3.05) is 0 Å². The molecule has 0 radical (unpaired) electrons. The highest BCUT2D eigenvalue weighted by Gasteiger charge is 2.04. The highest BCUT2D eigenvalue weighted by Crippen LogP contribution is 2.29. The summed E-state index contributed by atoms with van der Waals surface area (Å²) in [5, 5.41) is 10.0. The predicted molar refractivity (Wildman–Crippen MR) is 67.3 cm³/mol. The highest BCUT2D eigenvalue weighted by molar-refractivity contribution is 9.08. The first-order valence-corrected chi connectivity index (χ1v) is 6.02. The van der Waals surface area contributed by atoms with Gasteiger partial charge in [0.1, 0.15) is 17.2 Å². The van der Waals surface area contributed by atoms with Gasteiger partial charge in [-0.15, -0.1) is 0 Å². The third-order valence-electron chi connectivity index (χ3n) is 2.16. The van der Waals surface area contributed by atoms with Gasteiger partial charge in [0.15, 0.2) is 0 Å². The maximum absolute atomic E-state index is 9.36. The van der Waals surface area contributed by atoms with Crippen LogP contribution in [0.3, 0.4) is 0 Å². The summed E-state index contributed by atoms with van der Waals surface area (Å²) in [4.78, 5) is 0. The van der Waals surface area contributed by atoms with Crippen LogP contribution < -0.4 is 4.74 Å². The maximum atomic E-state index is 9.36. The lowest BCUT2D eigenvalue weighted by Crippen LogP contribution is -1.88. The van der Waals surface area contributed by atoms with Crippen LogP contribution in [0.2, 0.25) is 0 Å². The topological polar surface area (TPSA) is 29.5 Å². The molecule has 0 aliphatic heterocycles. The summed E-state index contributed by atoms with van der Waals surface area (Å²) >= 11 is 3.36. The minimum atomic E-state index is 0.245. The van der Waals surface area contributed by atoms with Crippen molar-refractivity contribution in [1.29, 1.82) is 0 Å². The SMILES string of the molecule is Oc1ccc(Oc2ccccc2)c(CBr)c1. The third kappa shape index (κ3) is 2.55. The van der Waals surface area contributed by atoms with E-state index in [0.717, 1.165) is 17.1 Å². The smallest absolute Gasteiger partial charge is 0.131 e. The Morgan fingerprint density at radius 2 is 1.81 bits per heavy atom. The Balaban J connectivity index is 2.28. The Kier molecular flexibility index (Phi) is 3.47. The third-order valence-corrected chi connectivity index (χ3v) is 2.76. The zero-order valence-electron chi connectivity index (χ0n) is 8.56. The molecule has 0 unspecified atom stereocenters. The maximum Gasteiger partial charge on any atom is 0.131 e. The molecule has 2 aromatic carbocycles. The predicted octanol–water partition coefficient (Wildman–Crippen LogP) is 4.08. The van der Waals surface area contributed by atoms with Crippen molar-refractivity contribution in [2.45, 2.75) is 5.33 Å². The first-order chi connectivity index (χ1) is 7.79. The summed E-state index contributed by atoms with van der Waals surface area (Å²) in [6.07, 6.45) is 0. The Labute approximate surface area is 103 Å². The molecule has 0 saturated carbocycles. The Hall–Kier alpha value is -1.48. The molecule has 1 N–H and O–H groups in total. The van der Waals surface area contributed by atoms with Crippen LogP contribution in [0, 0.1) is 0 Å². The van der Waals surface area contributed by atoms with Crippen LogP contribution in [0.1, 0.15) is 5.56 Å². The molecule has 16 heavy (non-hydrogen) atoms. The molecule has 0 aliphatic rings. The molecule has 3 heteroatoms. The zero-order valence-corrected chi connectivity index (χ0v) is 10.1. The second-order valence-corrected chi connectivity index (χ2v) is 3.90. The fourth-order valence-corrected chi connectivity index (χ4v) is 1.82. The summed E-state index contributed by atoms with van der Waals surface area (Å²) < 4.78 is 5.71. The minimum Gasteiger partial charge on any atom is -0.508 e. The van der Waals surface area contributed by atoms with E-state index in [0.29, 0.717) is 5.33 Å². The van der Waals surface area contributed by atoms with Gasteiger partial charge < -0.3 is 9.84 Å². The van der Waals surface area contributed by atoms with Gasteiger partial charge in [0.2, 0.25) is 0 Å². The second-order valence-electron chi connectivity index (χ2n) is 3.34. The second kappa shape index (κ2) is 5.03. The average Bonchev–Trinajstić information content (AvgIpc) is 2.33. The lowest BCUT2D eigenvalue weighted by molar-refractivity contribution is 0.461. The fraction of sp³-hybridized carbons (Fsp3) is 0.0769. The molecule has 0 aliphatic carbocycles. The summed E-state index contributed by atoms with van der Waals surface area (Å²) in [7, 11) is 0. The first-order valence-electron chi connectivity index (χ1n) is 4.90. The van der Waals surface area contributed by atoms with E-state index in [1.54, 1.807) is 18.2 Å². The number of aromatic hydroxyl groups is 1. The van der Waals surface area contributed by atoms with Crippen LogP contribution in [0.15, 0.2) is 48.5 Å². The van der Waals surface area contributed by atoms with Gasteiger partial charge in [-0.1, -0.05) is 34.1 Å².